The average Bonchev–Trinajstić information content (AvgIpc) is 2.37. The molecule has 1 aromatic rings. The largest absolute Gasteiger partial charge is 0.478 e. The number of hydrogen-bond donors (Lipinski definition) is 1. The molecule has 0 amide bonds. The number of carbonyl (C=O) groups is 1. The van der Waals surface area contributed by atoms with Crippen LogP contribution in [0.25, 0.3) is 0 Å². The van der Waals surface area contributed by atoms with Gasteiger partial charge in [0.2, 0.25) is 10.0 Å². The zero-order valence-electron chi connectivity index (χ0n) is 11.6. The van der Waals surface area contributed by atoms with E-state index in [1.807, 2.05) is 6.92 Å². The maximum absolute atomic E-state index is 13.3. The van der Waals surface area contributed by atoms with Gasteiger partial charge in [-0.1, -0.05) is 13.3 Å². The van der Waals surface area contributed by atoms with E-state index in [1.165, 1.54) is 7.05 Å². The van der Waals surface area contributed by atoms with Crippen LogP contribution < -0.4 is 0 Å². The Bertz CT molecular complexity index is 600. The topological polar surface area (TPSA) is 74.7 Å². The van der Waals surface area contributed by atoms with Crippen molar-refractivity contribution in [1.29, 1.82) is 0 Å². The second-order valence-corrected chi connectivity index (χ2v) is 6.57. The Kier molecular flexibility index (Phi) is 5.24. The highest BCUT2D eigenvalue weighted by Gasteiger charge is 2.29. The highest BCUT2D eigenvalue weighted by atomic mass is 32.2. The van der Waals surface area contributed by atoms with E-state index in [4.69, 9.17) is 5.11 Å². The zero-order chi connectivity index (χ0) is 15.5. The number of carboxylic acid groups (broad SMARTS) is 1. The van der Waals surface area contributed by atoms with Crippen molar-refractivity contribution >= 4 is 16.0 Å². The fraction of sp³-hybridized carbons (Fsp3) is 0.462. The molecule has 7 heteroatoms. The molecule has 1 N–H and O–H groups in total. The first kappa shape index (κ1) is 16.6. The minimum absolute atomic E-state index is 0.296. The average molecular weight is 303 g/mol. The van der Waals surface area contributed by atoms with Crippen molar-refractivity contribution in [2.75, 3.05) is 7.05 Å². The van der Waals surface area contributed by atoms with Crippen LogP contribution in [0.2, 0.25) is 0 Å². The van der Waals surface area contributed by atoms with Crippen LogP contribution >= 0.6 is 0 Å². The summed E-state index contributed by atoms with van der Waals surface area (Å²) < 4.78 is 39.2. The second-order valence-electron chi connectivity index (χ2n) is 4.60. The van der Waals surface area contributed by atoms with Crippen molar-refractivity contribution in [3.63, 3.8) is 0 Å². The summed E-state index contributed by atoms with van der Waals surface area (Å²) in [5, 5.41) is 9.04. The lowest BCUT2D eigenvalue weighted by Gasteiger charge is -2.24. The number of carboxylic acids is 1. The first-order chi connectivity index (χ1) is 9.21. The first-order valence-electron chi connectivity index (χ1n) is 6.22. The van der Waals surface area contributed by atoms with Crippen molar-refractivity contribution in [2.24, 2.45) is 0 Å². The molecule has 0 aliphatic carbocycles. The molecule has 20 heavy (non-hydrogen) atoms. The molecule has 5 nitrogen and oxygen atoms in total. The lowest BCUT2D eigenvalue weighted by atomic mass is 10.2. The van der Waals surface area contributed by atoms with Crippen LogP contribution in [0.15, 0.2) is 23.1 Å². The van der Waals surface area contributed by atoms with Crippen LogP contribution in [0.4, 0.5) is 4.39 Å². The number of hydrogen-bond acceptors (Lipinski definition) is 3. The van der Waals surface area contributed by atoms with Crippen molar-refractivity contribution in [2.45, 2.75) is 37.6 Å². The van der Waals surface area contributed by atoms with E-state index in [0.29, 0.717) is 6.42 Å². The summed E-state index contributed by atoms with van der Waals surface area (Å²) in [6.45, 7) is 3.64. The third-order valence-electron chi connectivity index (χ3n) is 3.16. The first-order valence-corrected chi connectivity index (χ1v) is 7.66. The third kappa shape index (κ3) is 3.34. The molecule has 1 unspecified atom stereocenters. The van der Waals surface area contributed by atoms with Gasteiger partial charge in [-0.15, -0.1) is 0 Å². The number of halogens is 1. The quantitative estimate of drug-likeness (QED) is 0.875. The summed E-state index contributed by atoms with van der Waals surface area (Å²) in [6, 6.07) is 2.34. The van der Waals surface area contributed by atoms with E-state index in [1.54, 1.807) is 6.92 Å². The molecule has 0 heterocycles. The second kappa shape index (κ2) is 6.32. The monoisotopic (exact) mass is 303 g/mol. The maximum Gasteiger partial charge on any atom is 0.337 e. The number of aromatic carboxylic acids is 1. The summed E-state index contributed by atoms with van der Waals surface area (Å²) in [4.78, 5) is 10.6. The number of benzene rings is 1. The Morgan fingerprint density at radius 3 is 2.55 bits per heavy atom. The predicted molar refractivity (Wildman–Crippen MR) is 72.7 cm³/mol. The van der Waals surface area contributed by atoms with Crippen LogP contribution in [0.5, 0.6) is 0 Å². The summed E-state index contributed by atoms with van der Waals surface area (Å²) in [5.74, 6) is -2.19. The highest BCUT2D eigenvalue weighted by molar-refractivity contribution is 7.89. The Morgan fingerprint density at radius 2 is 2.05 bits per heavy atom. The Morgan fingerprint density at radius 1 is 1.45 bits per heavy atom. The van der Waals surface area contributed by atoms with Crippen molar-refractivity contribution < 1.29 is 22.7 Å². The smallest absolute Gasteiger partial charge is 0.337 e. The predicted octanol–water partition coefficient (Wildman–Crippen LogP) is 2.33. The summed E-state index contributed by atoms with van der Waals surface area (Å²) in [6.07, 6.45) is 1.42. The van der Waals surface area contributed by atoms with Crippen LogP contribution in [-0.4, -0.2) is 36.9 Å². The fourth-order valence-corrected chi connectivity index (χ4v) is 3.46. The zero-order valence-corrected chi connectivity index (χ0v) is 12.4. The molecule has 0 spiro atoms. The van der Waals surface area contributed by atoms with Crippen LogP contribution in [0, 0.1) is 5.82 Å². The molecule has 1 aromatic carbocycles. The Labute approximate surface area is 118 Å². The van der Waals surface area contributed by atoms with Gasteiger partial charge in [-0.05, 0) is 31.5 Å². The Balaban J connectivity index is 3.34. The van der Waals surface area contributed by atoms with Gasteiger partial charge in [-0.3, -0.25) is 0 Å². The van der Waals surface area contributed by atoms with Gasteiger partial charge < -0.3 is 5.11 Å². The van der Waals surface area contributed by atoms with E-state index < -0.39 is 32.3 Å². The van der Waals surface area contributed by atoms with Gasteiger partial charge in [0.1, 0.15) is 5.82 Å². The van der Waals surface area contributed by atoms with E-state index >= 15 is 0 Å². The lowest BCUT2D eigenvalue weighted by Crippen LogP contribution is -2.35. The molecule has 0 saturated carbocycles. The van der Waals surface area contributed by atoms with Gasteiger partial charge in [-0.25, -0.2) is 17.6 Å². The molecule has 0 fully saturated rings. The number of rotatable bonds is 6. The molecular formula is C13H18FNO4S. The van der Waals surface area contributed by atoms with Crippen molar-refractivity contribution in [1.82, 2.24) is 4.31 Å². The summed E-state index contributed by atoms with van der Waals surface area (Å²) in [5.41, 5.74) is -0.429. The molecule has 0 bridgehead atoms. The van der Waals surface area contributed by atoms with Gasteiger partial charge in [0.25, 0.3) is 0 Å². The lowest BCUT2D eigenvalue weighted by molar-refractivity contribution is 0.0692. The molecule has 112 valence electrons. The van der Waals surface area contributed by atoms with Gasteiger partial charge in [0, 0.05) is 13.1 Å². The molecule has 0 aromatic heterocycles. The summed E-state index contributed by atoms with van der Waals surface area (Å²) >= 11 is 0. The standard InChI is InChI=1S/C13H18FNO4S/c1-4-5-9(2)15(3)20(18,19)12-8-10(14)6-7-11(12)13(16)17/h6-9H,4-5H2,1-3H3,(H,16,17). The molecule has 0 radical (unpaired) electrons. The molecule has 0 saturated heterocycles. The molecule has 1 atom stereocenters. The highest BCUT2D eigenvalue weighted by Crippen LogP contribution is 2.23. The molecule has 0 aliphatic heterocycles. The minimum Gasteiger partial charge on any atom is -0.478 e. The van der Waals surface area contributed by atoms with E-state index in [0.717, 1.165) is 28.9 Å². The van der Waals surface area contributed by atoms with E-state index in [2.05, 4.69) is 0 Å². The van der Waals surface area contributed by atoms with Crippen molar-refractivity contribution in [3.8, 4) is 0 Å². The van der Waals surface area contributed by atoms with Crippen LogP contribution in [0.1, 0.15) is 37.0 Å². The molecule has 1 rings (SSSR count). The van der Waals surface area contributed by atoms with Crippen LogP contribution in [-0.2, 0) is 10.0 Å². The van der Waals surface area contributed by atoms with Gasteiger partial charge in [0.05, 0.1) is 10.5 Å². The fourth-order valence-electron chi connectivity index (χ4n) is 1.88. The third-order valence-corrected chi connectivity index (χ3v) is 5.17. The number of sulfonamides is 1. The van der Waals surface area contributed by atoms with Crippen LogP contribution in [0.3, 0.4) is 0 Å². The van der Waals surface area contributed by atoms with Gasteiger partial charge in [0.15, 0.2) is 0 Å². The SMILES string of the molecule is CCCC(C)N(C)S(=O)(=O)c1cc(F)ccc1C(=O)O. The summed E-state index contributed by atoms with van der Waals surface area (Å²) in [7, 11) is -2.68. The van der Waals surface area contributed by atoms with E-state index in [-0.39, 0.29) is 6.04 Å². The maximum atomic E-state index is 13.3. The number of nitrogens with zero attached hydrogens (tertiary/aromatic N) is 1. The Hall–Kier alpha value is -1.47. The minimum atomic E-state index is -4.05. The normalized spacial score (nSPS) is 13.4. The van der Waals surface area contributed by atoms with Gasteiger partial charge >= 0.3 is 5.97 Å². The van der Waals surface area contributed by atoms with Gasteiger partial charge in [-0.2, -0.15) is 4.31 Å². The molecule has 0 aliphatic rings. The van der Waals surface area contributed by atoms with E-state index in [9.17, 15) is 17.6 Å². The van der Waals surface area contributed by atoms with Crippen molar-refractivity contribution in [3.05, 3.63) is 29.6 Å². The molecular weight excluding hydrogens is 285 g/mol.